The first kappa shape index (κ1) is 22.4. The third kappa shape index (κ3) is 4.66. The van der Waals surface area contributed by atoms with E-state index in [9.17, 15) is 4.79 Å². The molecule has 1 aliphatic heterocycles. The molecule has 1 fully saturated rings. The molecule has 168 valence electrons. The molecular formula is C25H30ClN5O. The van der Waals surface area contributed by atoms with Crippen LogP contribution in [0.4, 0.5) is 5.69 Å². The van der Waals surface area contributed by atoms with Crippen molar-refractivity contribution >= 4 is 23.2 Å². The fraction of sp³-hybridized carbons (Fsp3) is 0.360. The monoisotopic (exact) mass is 451 g/mol. The summed E-state index contributed by atoms with van der Waals surface area (Å²) < 4.78 is 2.02. The number of imidazole rings is 1. The van der Waals surface area contributed by atoms with Crippen LogP contribution in [0.15, 0.2) is 48.5 Å². The topological polar surface area (TPSA) is 53.4 Å². The second-order valence-electron chi connectivity index (χ2n) is 8.23. The Morgan fingerprint density at radius 1 is 1.00 bits per heavy atom. The molecule has 32 heavy (non-hydrogen) atoms. The quantitative estimate of drug-likeness (QED) is 0.615. The summed E-state index contributed by atoms with van der Waals surface area (Å²) in [6.07, 6.45) is 0. The number of nitrogens with zero attached hydrogens (tertiary/aromatic N) is 4. The molecule has 7 heteroatoms. The average Bonchev–Trinajstić information content (AvgIpc) is 3.10. The van der Waals surface area contributed by atoms with E-state index in [0.29, 0.717) is 12.2 Å². The molecule has 4 rings (SSSR count). The van der Waals surface area contributed by atoms with E-state index in [1.165, 1.54) is 5.69 Å². The summed E-state index contributed by atoms with van der Waals surface area (Å²) >= 11 is 6.28. The zero-order chi connectivity index (χ0) is 22.7. The predicted octanol–water partition coefficient (Wildman–Crippen LogP) is 4.00. The zero-order valence-electron chi connectivity index (χ0n) is 18.9. The molecule has 1 amide bonds. The van der Waals surface area contributed by atoms with Crippen LogP contribution in [0.5, 0.6) is 0 Å². The summed E-state index contributed by atoms with van der Waals surface area (Å²) in [5.74, 6) is 0.694. The van der Waals surface area contributed by atoms with Gasteiger partial charge in [0.1, 0.15) is 11.5 Å². The maximum atomic E-state index is 12.8. The number of para-hydroxylation sites is 1. The third-order valence-electron chi connectivity index (χ3n) is 6.17. The van der Waals surface area contributed by atoms with Crippen LogP contribution in [-0.2, 0) is 0 Å². The van der Waals surface area contributed by atoms with Crippen molar-refractivity contribution in [3.05, 3.63) is 76.3 Å². The summed E-state index contributed by atoms with van der Waals surface area (Å²) in [6, 6.07) is 16.1. The number of carbonyl (C=O) groups excluding carboxylic acids is 1. The van der Waals surface area contributed by atoms with Gasteiger partial charge in [0, 0.05) is 55.7 Å². The number of aryl methyl sites for hydroxylation is 1. The number of nitrogens with one attached hydrogen (secondary N) is 1. The van der Waals surface area contributed by atoms with E-state index in [1.807, 2.05) is 60.9 Å². The van der Waals surface area contributed by atoms with E-state index in [-0.39, 0.29) is 5.91 Å². The van der Waals surface area contributed by atoms with Crippen molar-refractivity contribution in [3.8, 4) is 5.69 Å². The first-order valence-corrected chi connectivity index (χ1v) is 11.5. The second kappa shape index (κ2) is 9.76. The normalized spacial score (nSPS) is 14.6. The molecule has 0 spiro atoms. The molecule has 1 aromatic heterocycles. The lowest BCUT2D eigenvalue weighted by molar-refractivity contribution is 0.0942. The van der Waals surface area contributed by atoms with Gasteiger partial charge >= 0.3 is 0 Å². The standard InChI is InChI=1S/C25H30ClN5O/c1-18-22(26)10-7-11-23(18)30-16-14-29(15-17-30)13-12-27-25(32)24-19(2)31(20(3)28-24)21-8-5-4-6-9-21/h4-11H,12-17H2,1-3H3,(H,27,32). The van der Waals surface area contributed by atoms with Crippen LogP contribution in [0.2, 0.25) is 5.02 Å². The predicted molar refractivity (Wildman–Crippen MR) is 130 cm³/mol. The van der Waals surface area contributed by atoms with E-state index in [4.69, 9.17) is 11.6 Å². The second-order valence-corrected chi connectivity index (χ2v) is 8.64. The van der Waals surface area contributed by atoms with Gasteiger partial charge in [-0.1, -0.05) is 35.9 Å². The minimum Gasteiger partial charge on any atom is -0.369 e. The Morgan fingerprint density at radius 3 is 2.44 bits per heavy atom. The molecule has 1 aliphatic rings. The van der Waals surface area contributed by atoms with Gasteiger partial charge in [0.2, 0.25) is 0 Å². The molecule has 0 unspecified atom stereocenters. The van der Waals surface area contributed by atoms with E-state index in [2.05, 4.69) is 33.1 Å². The molecule has 0 atom stereocenters. The molecule has 2 aromatic carbocycles. The number of anilines is 1. The average molecular weight is 452 g/mol. The molecule has 2 heterocycles. The zero-order valence-corrected chi connectivity index (χ0v) is 19.7. The number of hydrogen-bond acceptors (Lipinski definition) is 4. The van der Waals surface area contributed by atoms with E-state index >= 15 is 0 Å². The van der Waals surface area contributed by atoms with Crippen LogP contribution < -0.4 is 10.2 Å². The Hall–Kier alpha value is -2.83. The highest BCUT2D eigenvalue weighted by atomic mass is 35.5. The largest absolute Gasteiger partial charge is 0.369 e. The number of piperazine rings is 1. The van der Waals surface area contributed by atoms with Crippen molar-refractivity contribution in [2.75, 3.05) is 44.2 Å². The SMILES string of the molecule is Cc1c(Cl)cccc1N1CCN(CCNC(=O)c2nc(C)n(-c3ccccc3)c2C)CC1. The van der Waals surface area contributed by atoms with Gasteiger partial charge in [0.25, 0.3) is 5.91 Å². The number of benzene rings is 2. The van der Waals surface area contributed by atoms with Crippen molar-refractivity contribution < 1.29 is 4.79 Å². The fourth-order valence-electron chi connectivity index (χ4n) is 4.38. The number of carbonyl (C=O) groups is 1. The van der Waals surface area contributed by atoms with E-state index < -0.39 is 0 Å². The lowest BCUT2D eigenvalue weighted by atomic mass is 10.1. The number of aromatic nitrogens is 2. The number of halogens is 1. The van der Waals surface area contributed by atoms with Crippen molar-refractivity contribution in [3.63, 3.8) is 0 Å². The lowest BCUT2D eigenvalue weighted by Gasteiger charge is -2.37. The maximum Gasteiger partial charge on any atom is 0.271 e. The van der Waals surface area contributed by atoms with Gasteiger partial charge in [0.05, 0.1) is 5.69 Å². The molecule has 0 bridgehead atoms. The van der Waals surface area contributed by atoms with Gasteiger partial charge in [-0.25, -0.2) is 4.98 Å². The minimum absolute atomic E-state index is 0.117. The summed E-state index contributed by atoms with van der Waals surface area (Å²) in [5, 5.41) is 3.86. The summed E-state index contributed by atoms with van der Waals surface area (Å²) in [6.45, 7) is 11.2. The lowest BCUT2D eigenvalue weighted by Crippen LogP contribution is -2.48. The Labute approximate surface area is 194 Å². The van der Waals surface area contributed by atoms with Crippen LogP contribution in [0.1, 0.15) is 27.6 Å². The third-order valence-corrected chi connectivity index (χ3v) is 6.58. The van der Waals surface area contributed by atoms with Gasteiger partial charge in [-0.05, 0) is 50.6 Å². The molecule has 1 saturated heterocycles. The molecule has 0 saturated carbocycles. The minimum atomic E-state index is -0.117. The highest BCUT2D eigenvalue weighted by Crippen LogP contribution is 2.27. The van der Waals surface area contributed by atoms with Gasteiger partial charge in [-0.15, -0.1) is 0 Å². The molecule has 1 N–H and O–H groups in total. The summed E-state index contributed by atoms with van der Waals surface area (Å²) in [4.78, 5) is 22.1. The Kier molecular flexibility index (Phi) is 6.82. The van der Waals surface area contributed by atoms with Crippen LogP contribution in [-0.4, -0.2) is 59.6 Å². The molecule has 0 radical (unpaired) electrons. The van der Waals surface area contributed by atoms with Crippen LogP contribution in [0.3, 0.4) is 0 Å². The van der Waals surface area contributed by atoms with Crippen LogP contribution in [0, 0.1) is 20.8 Å². The van der Waals surface area contributed by atoms with Gasteiger partial charge < -0.3 is 14.8 Å². The first-order chi connectivity index (χ1) is 15.5. The van der Waals surface area contributed by atoms with E-state index in [1.54, 1.807) is 0 Å². The first-order valence-electron chi connectivity index (χ1n) is 11.1. The Balaban J connectivity index is 1.29. The maximum absolute atomic E-state index is 12.8. The van der Waals surface area contributed by atoms with Gasteiger partial charge in [-0.2, -0.15) is 0 Å². The smallest absolute Gasteiger partial charge is 0.271 e. The summed E-state index contributed by atoms with van der Waals surface area (Å²) in [7, 11) is 0. The number of rotatable bonds is 6. The molecular weight excluding hydrogens is 422 g/mol. The number of amides is 1. The highest BCUT2D eigenvalue weighted by molar-refractivity contribution is 6.31. The fourth-order valence-corrected chi connectivity index (χ4v) is 4.55. The van der Waals surface area contributed by atoms with Crippen molar-refractivity contribution in [1.29, 1.82) is 0 Å². The van der Waals surface area contributed by atoms with Gasteiger partial charge in [0.15, 0.2) is 0 Å². The van der Waals surface area contributed by atoms with Gasteiger partial charge in [-0.3, -0.25) is 9.69 Å². The van der Waals surface area contributed by atoms with Crippen LogP contribution in [0.25, 0.3) is 5.69 Å². The molecule has 0 aliphatic carbocycles. The highest BCUT2D eigenvalue weighted by Gasteiger charge is 2.21. The van der Waals surface area contributed by atoms with Crippen molar-refractivity contribution in [2.45, 2.75) is 20.8 Å². The van der Waals surface area contributed by atoms with Crippen molar-refractivity contribution in [2.24, 2.45) is 0 Å². The Morgan fingerprint density at radius 2 is 1.72 bits per heavy atom. The molecule has 6 nitrogen and oxygen atoms in total. The molecule has 3 aromatic rings. The summed E-state index contributed by atoms with van der Waals surface area (Å²) in [5.41, 5.74) is 4.71. The number of hydrogen-bond donors (Lipinski definition) is 1. The van der Waals surface area contributed by atoms with Crippen molar-refractivity contribution in [1.82, 2.24) is 19.8 Å². The van der Waals surface area contributed by atoms with Crippen LogP contribution >= 0.6 is 11.6 Å². The Bertz CT molecular complexity index is 1090. The van der Waals surface area contributed by atoms with E-state index in [0.717, 1.165) is 60.5 Å².